The lowest BCUT2D eigenvalue weighted by Gasteiger charge is -2.26. The van der Waals surface area contributed by atoms with Crippen LogP contribution in [-0.2, 0) is 0 Å². The highest BCUT2D eigenvalue weighted by Crippen LogP contribution is 2.37. The molecule has 132 valence electrons. The number of fused-ring (bicyclic) bond motifs is 1. The van der Waals surface area contributed by atoms with Crippen molar-refractivity contribution in [2.24, 2.45) is 0 Å². The van der Waals surface area contributed by atoms with Gasteiger partial charge in [-0.3, -0.25) is 4.79 Å². The lowest BCUT2D eigenvalue weighted by molar-refractivity contribution is 0.0935. The molecule has 0 fully saturated rings. The Morgan fingerprint density at radius 3 is 2.60 bits per heavy atom. The number of rotatable bonds is 5. The highest BCUT2D eigenvalue weighted by Gasteiger charge is 2.24. The molecule has 3 rings (SSSR count). The van der Waals surface area contributed by atoms with Crippen molar-refractivity contribution in [3.8, 4) is 0 Å². The average Bonchev–Trinajstić information content (AvgIpc) is 2.64. The topological polar surface area (TPSA) is 32.3 Å². The SMILES string of the molecule is CCN(CC)c1ccc(C(=O)NC2CCSc3c(F)cccc32)cc1. The number of amides is 1. The summed E-state index contributed by atoms with van der Waals surface area (Å²) in [6.45, 7) is 6.10. The number of nitrogens with zero attached hydrogens (tertiary/aromatic N) is 1. The third kappa shape index (κ3) is 3.82. The fourth-order valence-electron chi connectivity index (χ4n) is 3.19. The summed E-state index contributed by atoms with van der Waals surface area (Å²) in [5.41, 5.74) is 2.62. The quantitative estimate of drug-likeness (QED) is 0.845. The first-order valence-electron chi connectivity index (χ1n) is 8.71. The van der Waals surface area contributed by atoms with Crippen molar-refractivity contribution < 1.29 is 9.18 Å². The predicted octanol–water partition coefficient (Wildman–Crippen LogP) is 4.64. The molecule has 2 aromatic carbocycles. The van der Waals surface area contributed by atoms with E-state index >= 15 is 0 Å². The second-order valence-corrected chi connectivity index (χ2v) is 7.15. The largest absolute Gasteiger partial charge is 0.372 e. The number of halogens is 1. The molecule has 1 heterocycles. The van der Waals surface area contributed by atoms with Crippen LogP contribution in [0.15, 0.2) is 47.4 Å². The van der Waals surface area contributed by atoms with E-state index in [-0.39, 0.29) is 17.8 Å². The molecule has 2 aromatic rings. The molecular formula is C20H23FN2OS. The predicted molar refractivity (Wildman–Crippen MR) is 102 cm³/mol. The van der Waals surface area contributed by atoms with Crippen LogP contribution in [0.2, 0.25) is 0 Å². The lowest BCUT2D eigenvalue weighted by Crippen LogP contribution is -2.31. The van der Waals surface area contributed by atoms with E-state index in [0.29, 0.717) is 10.5 Å². The number of carbonyl (C=O) groups excluding carboxylic acids is 1. The molecule has 1 aliphatic rings. The van der Waals surface area contributed by atoms with Crippen molar-refractivity contribution in [1.29, 1.82) is 0 Å². The highest BCUT2D eigenvalue weighted by atomic mass is 32.2. The fourth-order valence-corrected chi connectivity index (χ4v) is 4.33. The molecule has 0 spiro atoms. The smallest absolute Gasteiger partial charge is 0.251 e. The summed E-state index contributed by atoms with van der Waals surface area (Å²) in [4.78, 5) is 15.5. The lowest BCUT2D eigenvalue weighted by atomic mass is 10.0. The average molecular weight is 358 g/mol. The number of carbonyl (C=O) groups is 1. The van der Waals surface area contributed by atoms with Gasteiger partial charge in [-0.2, -0.15) is 0 Å². The van der Waals surface area contributed by atoms with Gasteiger partial charge < -0.3 is 10.2 Å². The van der Waals surface area contributed by atoms with Crippen LogP contribution in [0.1, 0.15) is 42.2 Å². The molecule has 0 radical (unpaired) electrons. The zero-order valence-electron chi connectivity index (χ0n) is 14.6. The maximum atomic E-state index is 14.0. The van der Waals surface area contributed by atoms with Crippen LogP contribution < -0.4 is 10.2 Å². The molecular weight excluding hydrogens is 335 g/mol. The monoisotopic (exact) mass is 358 g/mol. The Bertz CT molecular complexity index is 744. The van der Waals surface area contributed by atoms with E-state index in [0.717, 1.165) is 36.5 Å². The molecule has 1 unspecified atom stereocenters. The van der Waals surface area contributed by atoms with Gasteiger partial charge in [0.1, 0.15) is 5.82 Å². The van der Waals surface area contributed by atoms with Crippen LogP contribution in [0.25, 0.3) is 0 Å². The third-order valence-corrected chi connectivity index (χ3v) is 5.75. The molecule has 1 N–H and O–H groups in total. The van der Waals surface area contributed by atoms with Crippen molar-refractivity contribution in [1.82, 2.24) is 5.32 Å². The summed E-state index contributed by atoms with van der Waals surface area (Å²) in [6, 6.07) is 12.6. The molecule has 3 nitrogen and oxygen atoms in total. The van der Waals surface area contributed by atoms with Crippen molar-refractivity contribution in [2.45, 2.75) is 31.2 Å². The molecule has 5 heteroatoms. The van der Waals surface area contributed by atoms with Gasteiger partial charge in [-0.25, -0.2) is 4.39 Å². The molecule has 0 aromatic heterocycles. The Labute approximate surface area is 152 Å². The number of benzene rings is 2. The van der Waals surface area contributed by atoms with E-state index < -0.39 is 0 Å². The van der Waals surface area contributed by atoms with Gasteiger partial charge in [0.15, 0.2) is 0 Å². The van der Waals surface area contributed by atoms with E-state index in [1.807, 2.05) is 30.3 Å². The first-order valence-corrected chi connectivity index (χ1v) is 9.69. The maximum absolute atomic E-state index is 14.0. The summed E-state index contributed by atoms with van der Waals surface area (Å²) in [7, 11) is 0. The third-order valence-electron chi connectivity index (χ3n) is 4.59. The van der Waals surface area contributed by atoms with Gasteiger partial charge in [-0.15, -0.1) is 11.8 Å². The number of thioether (sulfide) groups is 1. The minimum absolute atomic E-state index is 0.113. The summed E-state index contributed by atoms with van der Waals surface area (Å²) in [5, 5.41) is 3.06. The van der Waals surface area contributed by atoms with E-state index in [1.165, 1.54) is 17.8 Å². The number of hydrogen-bond donors (Lipinski definition) is 1. The molecule has 1 atom stereocenters. The minimum atomic E-state index is -0.204. The molecule has 0 saturated heterocycles. The molecule has 0 aliphatic carbocycles. The van der Waals surface area contributed by atoms with Crippen molar-refractivity contribution in [3.63, 3.8) is 0 Å². The standard InChI is InChI=1S/C20H23FN2OS/c1-3-23(4-2)15-10-8-14(9-11-15)20(24)22-18-12-13-25-19-16(18)6-5-7-17(19)21/h5-11,18H,3-4,12-13H2,1-2H3,(H,22,24). The molecule has 25 heavy (non-hydrogen) atoms. The summed E-state index contributed by atoms with van der Waals surface area (Å²) in [6.07, 6.45) is 0.810. The summed E-state index contributed by atoms with van der Waals surface area (Å²) >= 11 is 1.52. The van der Waals surface area contributed by atoms with Gasteiger partial charge in [0.2, 0.25) is 0 Å². The Morgan fingerprint density at radius 1 is 1.20 bits per heavy atom. The van der Waals surface area contributed by atoms with Crippen molar-refractivity contribution in [3.05, 3.63) is 59.4 Å². The van der Waals surface area contributed by atoms with Crippen LogP contribution in [0.3, 0.4) is 0 Å². The van der Waals surface area contributed by atoms with Gasteiger partial charge in [-0.1, -0.05) is 12.1 Å². The first-order chi connectivity index (χ1) is 12.1. The normalized spacial score (nSPS) is 16.2. The van der Waals surface area contributed by atoms with Crippen LogP contribution in [0.5, 0.6) is 0 Å². The summed E-state index contributed by atoms with van der Waals surface area (Å²) < 4.78 is 14.0. The number of anilines is 1. The van der Waals surface area contributed by atoms with Crippen molar-refractivity contribution >= 4 is 23.4 Å². The maximum Gasteiger partial charge on any atom is 0.251 e. The highest BCUT2D eigenvalue weighted by molar-refractivity contribution is 7.99. The van der Waals surface area contributed by atoms with E-state index in [9.17, 15) is 9.18 Å². The van der Waals surface area contributed by atoms with Crippen LogP contribution in [0.4, 0.5) is 10.1 Å². The summed E-state index contributed by atoms with van der Waals surface area (Å²) in [5.74, 6) is 0.489. The van der Waals surface area contributed by atoms with Gasteiger partial charge in [0.05, 0.1) is 6.04 Å². The van der Waals surface area contributed by atoms with Crippen LogP contribution >= 0.6 is 11.8 Å². The second kappa shape index (κ2) is 7.91. The van der Waals surface area contributed by atoms with Crippen molar-refractivity contribution in [2.75, 3.05) is 23.7 Å². The second-order valence-electron chi connectivity index (χ2n) is 6.04. The number of nitrogens with one attached hydrogen (secondary N) is 1. The molecule has 0 saturated carbocycles. The number of hydrogen-bond acceptors (Lipinski definition) is 3. The van der Waals surface area contributed by atoms with Gasteiger partial charge in [0, 0.05) is 35.0 Å². The van der Waals surface area contributed by atoms with E-state index in [4.69, 9.17) is 0 Å². The van der Waals surface area contributed by atoms with Crippen LogP contribution in [-0.4, -0.2) is 24.7 Å². The molecule has 1 amide bonds. The Balaban J connectivity index is 1.74. The van der Waals surface area contributed by atoms with Gasteiger partial charge in [0.25, 0.3) is 5.91 Å². The Hall–Kier alpha value is -2.01. The van der Waals surface area contributed by atoms with E-state index in [2.05, 4.69) is 24.1 Å². The zero-order chi connectivity index (χ0) is 17.8. The van der Waals surface area contributed by atoms with Gasteiger partial charge >= 0.3 is 0 Å². The first kappa shape index (κ1) is 17.8. The minimum Gasteiger partial charge on any atom is -0.372 e. The van der Waals surface area contributed by atoms with E-state index in [1.54, 1.807) is 6.07 Å². The molecule has 0 bridgehead atoms. The fraction of sp³-hybridized carbons (Fsp3) is 0.350. The molecule has 1 aliphatic heterocycles. The van der Waals surface area contributed by atoms with Crippen LogP contribution in [0, 0.1) is 5.82 Å². The zero-order valence-corrected chi connectivity index (χ0v) is 15.4. The Morgan fingerprint density at radius 2 is 1.92 bits per heavy atom. The van der Waals surface area contributed by atoms with Gasteiger partial charge in [-0.05, 0) is 56.2 Å². The Kier molecular flexibility index (Phi) is 5.63.